The SMILES string of the molecule is CCOc1ccccc1OCC(=O)NNC(=O)Cn1c(=O)n(CC)c(=O)c2ccccc21. The maximum absolute atomic E-state index is 12.7. The van der Waals surface area contributed by atoms with E-state index in [0.29, 0.717) is 29.0 Å². The molecule has 3 rings (SSSR count). The Bertz CT molecular complexity index is 1250. The molecule has 1 aromatic heterocycles. The molecule has 0 aliphatic rings. The molecule has 0 radical (unpaired) electrons. The molecule has 32 heavy (non-hydrogen) atoms. The zero-order valence-electron chi connectivity index (χ0n) is 17.8. The smallest absolute Gasteiger partial charge is 0.331 e. The molecule has 0 aliphatic carbocycles. The molecule has 10 nitrogen and oxygen atoms in total. The summed E-state index contributed by atoms with van der Waals surface area (Å²) in [5, 5.41) is 0.326. The first-order chi connectivity index (χ1) is 15.5. The van der Waals surface area contributed by atoms with Crippen molar-refractivity contribution >= 4 is 22.7 Å². The van der Waals surface area contributed by atoms with Gasteiger partial charge < -0.3 is 9.47 Å². The molecular formula is C22H24N4O6. The van der Waals surface area contributed by atoms with Gasteiger partial charge in [-0.1, -0.05) is 24.3 Å². The molecule has 0 bridgehead atoms. The highest BCUT2D eigenvalue weighted by Gasteiger charge is 2.15. The Morgan fingerprint density at radius 1 is 0.844 bits per heavy atom. The molecule has 1 heterocycles. The maximum Gasteiger partial charge on any atom is 0.331 e. The highest BCUT2D eigenvalue weighted by atomic mass is 16.5. The molecule has 2 N–H and O–H groups in total. The number of benzene rings is 2. The van der Waals surface area contributed by atoms with Crippen molar-refractivity contribution in [2.45, 2.75) is 26.9 Å². The van der Waals surface area contributed by atoms with Gasteiger partial charge in [0.25, 0.3) is 17.4 Å². The topological polar surface area (TPSA) is 121 Å². The van der Waals surface area contributed by atoms with Gasteiger partial charge in [0.05, 0.1) is 17.5 Å². The highest BCUT2D eigenvalue weighted by molar-refractivity contribution is 5.84. The molecular weight excluding hydrogens is 416 g/mol. The summed E-state index contributed by atoms with van der Waals surface area (Å²) in [4.78, 5) is 49.6. The van der Waals surface area contributed by atoms with Gasteiger partial charge in [0.15, 0.2) is 18.1 Å². The fourth-order valence-corrected chi connectivity index (χ4v) is 3.15. The number of amides is 2. The van der Waals surface area contributed by atoms with Crippen molar-refractivity contribution in [3.05, 3.63) is 69.4 Å². The first-order valence-electron chi connectivity index (χ1n) is 10.1. The summed E-state index contributed by atoms with van der Waals surface area (Å²) in [6, 6.07) is 13.5. The summed E-state index contributed by atoms with van der Waals surface area (Å²) < 4.78 is 13.1. The van der Waals surface area contributed by atoms with Crippen LogP contribution in [-0.4, -0.2) is 34.2 Å². The molecule has 0 saturated heterocycles. The van der Waals surface area contributed by atoms with E-state index in [1.165, 1.54) is 4.57 Å². The van der Waals surface area contributed by atoms with E-state index in [2.05, 4.69) is 10.9 Å². The van der Waals surface area contributed by atoms with E-state index in [4.69, 9.17) is 9.47 Å². The van der Waals surface area contributed by atoms with Crippen LogP contribution in [0.1, 0.15) is 13.8 Å². The van der Waals surface area contributed by atoms with Gasteiger partial charge in [-0.25, -0.2) is 4.79 Å². The number of fused-ring (bicyclic) bond motifs is 1. The molecule has 0 aliphatic heterocycles. The number of carbonyl (C=O) groups is 2. The normalized spacial score (nSPS) is 10.6. The van der Waals surface area contributed by atoms with E-state index in [1.807, 2.05) is 6.92 Å². The molecule has 10 heteroatoms. The first-order valence-corrected chi connectivity index (χ1v) is 10.1. The molecule has 168 valence electrons. The summed E-state index contributed by atoms with van der Waals surface area (Å²) in [5.74, 6) is -0.332. The van der Waals surface area contributed by atoms with Crippen LogP contribution < -0.4 is 31.6 Å². The van der Waals surface area contributed by atoms with Crippen molar-refractivity contribution in [1.82, 2.24) is 20.0 Å². The second-order valence-electron chi connectivity index (χ2n) is 6.70. The minimum absolute atomic E-state index is 0.168. The lowest BCUT2D eigenvalue weighted by Crippen LogP contribution is -2.47. The average Bonchev–Trinajstić information content (AvgIpc) is 2.80. The summed E-state index contributed by atoms with van der Waals surface area (Å²) in [7, 11) is 0. The van der Waals surface area contributed by atoms with Crippen LogP contribution in [0, 0.1) is 0 Å². The number of nitrogens with zero attached hydrogens (tertiary/aromatic N) is 2. The molecule has 3 aromatic rings. The van der Waals surface area contributed by atoms with Crippen LogP contribution in [0.25, 0.3) is 10.9 Å². The number of carbonyl (C=O) groups excluding carboxylic acids is 2. The average molecular weight is 440 g/mol. The van der Waals surface area contributed by atoms with Crippen LogP contribution >= 0.6 is 0 Å². The third-order valence-electron chi connectivity index (χ3n) is 4.60. The third-order valence-corrected chi connectivity index (χ3v) is 4.60. The monoisotopic (exact) mass is 440 g/mol. The minimum Gasteiger partial charge on any atom is -0.490 e. The van der Waals surface area contributed by atoms with Crippen LogP contribution in [0.2, 0.25) is 0 Å². The van der Waals surface area contributed by atoms with Crippen LogP contribution in [0.15, 0.2) is 58.1 Å². The van der Waals surface area contributed by atoms with Crippen molar-refractivity contribution in [3.63, 3.8) is 0 Å². The molecule has 0 fully saturated rings. The lowest BCUT2D eigenvalue weighted by atomic mass is 10.2. The second kappa shape index (κ2) is 10.3. The van der Waals surface area contributed by atoms with Crippen LogP contribution in [0.4, 0.5) is 0 Å². The number of rotatable bonds is 8. The van der Waals surface area contributed by atoms with E-state index in [9.17, 15) is 19.2 Å². The summed E-state index contributed by atoms with van der Waals surface area (Å²) in [5.41, 5.74) is 3.82. The lowest BCUT2D eigenvalue weighted by Gasteiger charge is -2.14. The second-order valence-corrected chi connectivity index (χ2v) is 6.70. The van der Waals surface area contributed by atoms with Crippen molar-refractivity contribution in [1.29, 1.82) is 0 Å². The number of para-hydroxylation sites is 3. The van der Waals surface area contributed by atoms with E-state index in [1.54, 1.807) is 55.5 Å². The zero-order chi connectivity index (χ0) is 23.1. The molecule has 0 spiro atoms. The van der Waals surface area contributed by atoms with Crippen LogP contribution in [-0.2, 0) is 22.7 Å². The Hall–Kier alpha value is -4.08. The summed E-state index contributed by atoms with van der Waals surface area (Å²) >= 11 is 0. The number of hydrogen-bond donors (Lipinski definition) is 2. The van der Waals surface area contributed by atoms with Crippen molar-refractivity contribution in [2.24, 2.45) is 0 Å². The van der Waals surface area contributed by atoms with Gasteiger partial charge in [-0.05, 0) is 38.1 Å². The fraction of sp³-hybridized carbons (Fsp3) is 0.273. The Morgan fingerprint density at radius 3 is 2.16 bits per heavy atom. The van der Waals surface area contributed by atoms with Gasteiger partial charge in [0.1, 0.15) is 6.54 Å². The molecule has 2 aromatic carbocycles. The Labute approximate surface area is 183 Å². The van der Waals surface area contributed by atoms with E-state index >= 15 is 0 Å². The predicted octanol–water partition coefficient (Wildman–Crippen LogP) is 0.808. The largest absolute Gasteiger partial charge is 0.490 e. The Balaban J connectivity index is 1.65. The zero-order valence-corrected chi connectivity index (χ0v) is 17.8. The summed E-state index contributed by atoms with van der Waals surface area (Å²) in [6.07, 6.45) is 0. The fourth-order valence-electron chi connectivity index (χ4n) is 3.15. The summed E-state index contributed by atoms with van der Waals surface area (Å²) in [6.45, 7) is 3.39. The molecule has 2 amide bonds. The van der Waals surface area contributed by atoms with Crippen molar-refractivity contribution in [2.75, 3.05) is 13.2 Å². The molecule has 0 saturated carbocycles. The van der Waals surface area contributed by atoms with Gasteiger partial charge in [-0.3, -0.25) is 34.4 Å². The van der Waals surface area contributed by atoms with Crippen molar-refractivity contribution in [3.8, 4) is 11.5 Å². The van der Waals surface area contributed by atoms with Gasteiger partial charge in [0, 0.05) is 6.54 Å². The first kappa shape index (κ1) is 22.6. The number of aromatic nitrogens is 2. The van der Waals surface area contributed by atoms with E-state index in [0.717, 1.165) is 4.57 Å². The standard InChI is InChI=1S/C22H24N4O6/c1-3-25-21(29)15-9-5-6-10-16(15)26(22(25)30)13-19(27)23-24-20(28)14-32-18-12-8-7-11-17(18)31-4-2/h5-12H,3-4,13-14H2,1-2H3,(H,23,27)(H,24,28). The maximum atomic E-state index is 12.7. The number of hydrogen-bond acceptors (Lipinski definition) is 6. The van der Waals surface area contributed by atoms with Crippen LogP contribution in [0.3, 0.4) is 0 Å². The predicted molar refractivity (Wildman–Crippen MR) is 118 cm³/mol. The van der Waals surface area contributed by atoms with E-state index < -0.39 is 23.1 Å². The number of nitrogens with one attached hydrogen (secondary N) is 2. The number of ether oxygens (including phenoxy) is 2. The van der Waals surface area contributed by atoms with Crippen molar-refractivity contribution < 1.29 is 19.1 Å². The van der Waals surface area contributed by atoms with Gasteiger partial charge in [0.2, 0.25) is 0 Å². The number of hydrazine groups is 1. The van der Waals surface area contributed by atoms with Gasteiger partial charge in [-0.15, -0.1) is 0 Å². The van der Waals surface area contributed by atoms with Crippen LogP contribution in [0.5, 0.6) is 11.5 Å². The third kappa shape index (κ3) is 4.97. The molecule has 0 atom stereocenters. The lowest BCUT2D eigenvalue weighted by molar-refractivity contribution is -0.130. The van der Waals surface area contributed by atoms with Gasteiger partial charge in [-0.2, -0.15) is 0 Å². The minimum atomic E-state index is -0.637. The van der Waals surface area contributed by atoms with E-state index in [-0.39, 0.29) is 19.7 Å². The Kier molecular flexibility index (Phi) is 7.27. The highest BCUT2D eigenvalue weighted by Crippen LogP contribution is 2.26. The molecule has 0 unspecified atom stereocenters. The quantitative estimate of drug-likeness (QED) is 0.500. The Morgan fingerprint density at radius 2 is 1.47 bits per heavy atom. The van der Waals surface area contributed by atoms with Gasteiger partial charge >= 0.3 is 5.69 Å².